The van der Waals surface area contributed by atoms with Crippen molar-refractivity contribution in [2.45, 2.75) is 57.1 Å². The van der Waals surface area contributed by atoms with Gasteiger partial charge in [0.2, 0.25) is 0 Å². The highest BCUT2D eigenvalue weighted by Crippen LogP contribution is 2.33. The smallest absolute Gasteiger partial charge is 0.125 e. The molecule has 3 heterocycles. The number of hydrogen-bond acceptors (Lipinski definition) is 5. The fourth-order valence-electron chi connectivity index (χ4n) is 4.14. The lowest BCUT2D eigenvalue weighted by atomic mass is 9.79. The van der Waals surface area contributed by atoms with Crippen molar-refractivity contribution in [2.24, 2.45) is 0 Å². The van der Waals surface area contributed by atoms with E-state index >= 15 is 0 Å². The Kier molecular flexibility index (Phi) is 6.09. The van der Waals surface area contributed by atoms with Crippen molar-refractivity contribution in [3.05, 3.63) is 23.9 Å². The van der Waals surface area contributed by atoms with Crippen molar-refractivity contribution >= 4 is 5.82 Å². The molecule has 5 heteroatoms. The molecule has 0 saturated carbocycles. The molecule has 0 amide bonds. The van der Waals surface area contributed by atoms with Crippen LogP contribution in [0.2, 0.25) is 0 Å². The van der Waals surface area contributed by atoms with Crippen molar-refractivity contribution in [1.82, 2.24) is 15.2 Å². The minimum Gasteiger partial charge on any atom is -0.387 e. The Morgan fingerprint density at radius 2 is 2.12 bits per heavy atom. The maximum absolute atomic E-state index is 11.1. The third-order valence-electron chi connectivity index (χ3n) is 5.47. The van der Waals surface area contributed by atoms with Crippen molar-refractivity contribution in [3.63, 3.8) is 0 Å². The summed E-state index contributed by atoms with van der Waals surface area (Å²) < 4.78 is 0. The van der Waals surface area contributed by atoms with Crippen LogP contribution >= 0.6 is 0 Å². The molecule has 0 radical (unpaired) electrons. The zero-order valence-corrected chi connectivity index (χ0v) is 14.9. The molecule has 0 spiro atoms. The molecule has 1 aromatic rings. The largest absolute Gasteiger partial charge is 0.387 e. The zero-order chi connectivity index (χ0) is 16.8. The van der Waals surface area contributed by atoms with Gasteiger partial charge in [0, 0.05) is 25.3 Å². The van der Waals surface area contributed by atoms with E-state index in [1.807, 2.05) is 19.2 Å². The molecule has 3 rings (SSSR count). The molecule has 2 aliphatic rings. The molecule has 3 N–H and O–H groups in total. The quantitative estimate of drug-likeness (QED) is 0.668. The fraction of sp³-hybridized carbons (Fsp3) is 0.737. The highest BCUT2D eigenvalue weighted by Gasteiger charge is 2.43. The molecular formula is C19H32N4O. The Labute approximate surface area is 145 Å². The van der Waals surface area contributed by atoms with Gasteiger partial charge in [-0.05, 0) is 70.3 Å². The molecule has 0 aliphatic carbocycles. The number of aromatic nitrogens is 1. The Bertz CT molecular complexity index is 505. The van der Waals surface area contributed by atoms with Gasteiger partial charge in [0.25, 0.3) is 0 Å². The summed E-state index contributed by atoms with van der Waals surface area (Å²) in [5.41, 5.74) is 0.643. The minimum absolute atomic E-state index is 0.363. The first kappa shape index (κ1) is 17.6. The second-order valence-electron chi connectivity index (χ2n) is 7.43. The molecule has 2 saturated heterocycles. The molecule has 2 atom stereocenters. The van der Waals surface area contributed by atoms with Gasteiger partial charge in [-0.3, -0.25) is 4.90 Å². The van der Waals surface area contributed by atoms with E-state index in [0.717, 1.165) is 51.1 Å². The highest BCUT2D eigenvalue weighted by molar-refractivity contribution is 5.34. The fourth-order valence-corrected chi connectivity index (χ4v) is 4.14. The van der Waals surface area contributed by atoms with E-state index in [1.54, 1.807) is 0 Å². The first-order valence-corrected chi connectivity index (χ1v) is 9.51. The van der Waals surface area contributed by atoms with Crippen LogP contribution in [0.4, 0.5) is 5.82 Å². The van der Waals surface area contributed by atoms with Gasteiger partial charge in [-0.1, -0.05) is 12.5 Å². The number of pyridine rings is 1. The van der Waals surface area contributed by atoms with Crippen molar-refractivity contribution < 1.29 is 5.11 Å². The number of hydrogen-bond donors (Lipinski definition) is 3. The molecule has 2 aliphatic heterocycles. The summed E-state index contributed by atoms with van der Waals surface area (Å²) in [5, 5.41) is 17.9. The maximum atomic E-state index is 11.1. The first-order chi connectivity index (χ1) is 11.7. The Balaban J connectivity index is 1.35. The van der Waals surface area contributed by atoms with Crippen molar-refractivity contribution in [2.75, 3.05) is 38.0 Å². The number of nitrogens with zero attached hydrogens (tertiary/aromatic N) is 2. The van der Waals surface area contributed by atoms with Crippen LogP contribution in [-0.2, 0) is 0 Å². The van der Waals surface area contributed by atoms with E-state index in [-0.39, 0.29) is 0 Å². The molecule has 0 bridgehead atoms. The van der Waals surface area contributed by atoms with E-state index in [1.165, 1.54) is 31.5 Å². The number of nitrogens with one attached hydrogen (secondary N) is 2. The summed E-state index contributed by atoms with van der Waals surface area (Å²) >= 11 is 0. The van der Waals surface area contributed by atoms with Gasteiger partial charge >= 0.3 is 0 Å². The third-order valence-corrected chi connectivity index (χ3v) is 5.47. The number of piperidine rings is 2. The second-order valence-corrected chi connectivity index (χ2v) is 7.43. The van der Waals surface area contributed by atoms with Gasteiger partial charge in [-0.2, -0.15) is 0 Å². The normalized spacial score (nSPS) is 27.7. The first-order valence-electron chi connectivity index (χ1n) is 9.51. The Morgan fingerprint density at radius 1 is 1.25 bits per heavy atom. The minimum atomic E-state index is -0.537. The Hall–Kier alpha value is -1.17. The van der Waals surface area contributed by atoms with E-state index < -0.39 is 5.60 Å². The number of aryl methyl sites for hydroxylation is 1. The van der Waals surface area contributed by atoms with Crippen LogP contribution in [0.15, 0.2) is 18.3 Å². The molecule has 134 valence electrons. The summed E-state index contributed by atoms with van der Waals surface area (Å²) in [6.07, 6.45) is 8.67. The maximum Gasteiger partial charge on any atom is 0.125 e. The predicted molar refractivity (Wildman–Crippen MR) is 98.3 cm³/mol. The van der Waals surface area contributed by atoms with Gasteiger partial charge in [0.15, 0.2) is 0 Å². The van der Waals surface area contributed by atoms with Gasteiger partial charge in [0.05, 0.1) is 5.60 Å². The van der Waals surface area contributed by atoms with Crippen molar-refractivity contribution in [3.8, 4) is 0 Å². The van der Waals surface area contributed by atoms with E-state index in [2.05, 4.69) is 26.6 Å². The molecular weight excluding hydrogens is 300 g/mol. The summed E-state index contributed by atoms with van der Waals surface area (Å²) in [7, 11) is 0. The van der Waals surface area contributed by atoms with Crippen LogP contribution in [0.5, 0.6) is 0 Å². The lowest BCUT2D eigenvalue weighted by Gasteiger charge is -2.49. The number of aliphatic hydroxyl groups is 1. The van der Waals surface area contributed by atoms with Crippen LogP contribution in [0.1, 0.15) is 44.1 Å². The second kappa shape index (κ2) is 8.28. The molecule has 2 fully saturated rings. The summed E-state index contributed by atoms with van der Waals surface area (Å²) in [6, 6.07) is 4.45. The molecule has 1 aromatic heterocycles. The standard InChI is InChI=1S/C19H32N4O/c1-16-7-8-18(22-14-16)21-11-5-10-20-15-19(24)9-4-13-23-12-3-2-6-17(19)23/h7-8,14,17,20,24H,2-6,9-13,15H2,1H3,(H,21,22)/t17-,19-/m1/s1. The predicted octanol–water partition coefficient (Wildman–Crippen LogP) is 2.16. The molecule has 0 unspecified atom stereocenters. The van der Waals surface area contributed by atoms with Gasteiger partial charge in [-0.25, -0.2) is 4.98 Å². The average molecular weight is 332 g/mol. The summed E-state index contributed by atoms with van der Waals surface area (Å²) in [6.45, 7) is 6.92. The summed E-state index contributed by atoms with van der Waals surface area (Å²) in [5.74, 6) is 0.935. The number of rotatable bonds is 7. The lowest BCUT2D eigenvalue weighted by Crippen LogP contribution is -2.62. The van der Waals surface area contributed by atoms with Gasteiger partial charge < -0.3 is 15.7 Å². The molecule has 24 heavy (non-hydrogen) atoms. The van der Waals surface area contributed by atoms with Crippen molar-refractivity contribution in [1.29, 1.82) is 0 Å². The van der Waals surface area contributed by atoms with Crippen LogP contribution in [-0.4, -0.2) is 59.4 Å². The Morgan fingerprint density at radius 3 is 2.96 bits per heavy atom. The summed E-state index contributed by atoms with van der Waals surface area (Å²) in [4.78, 5) is 6.86. The SMILES string of the molecule is Cc1ccc(NCCCNC[C@]2(O)CCCN3CCCC[C@@H]32)nc1. The van der Waals surface area contributed by atoms with E-state index in [9.17, 15) is 5.11 Å². The van der Waals surface area contributed by atoms with Gasteiger partial charge in [-0.15, -0.1) is 0 Å². The van der Waals surface area contributed by atoms with Crippen LogP contribution in [0.25, 0.3) is 0 Å². The average Bonchev–Trinajstić information content (AvgIpc) is 2.60. The molecule has 5 nitrogen and oxygen atoms in total. The van der Waals surface area contributed by atoms with Crippen LogP contribution < -0.4 is 10.6 Å². The lowest BCUT2D eigenvalue weighted by molar-refractivity contribution is -0.0917. The third kappa shape index (κ3) is 4.47. The topological polar surface area (TPSA) is 60.4 Å². The molecule has 0 aromatic carbocycles. The number of fused-ring (bicyclic) bond motifs is 1. The number of anilines is 1. The highest BCUT2D eigenvalue weighted by atomic mass is 16.3. The van der Waals surface area contributed by atoms with Crippen LogP contribution in [0, 0.1) is 6.92 Å². The van der Waals surface area contributed by atoms with E-state index in [0.29, 0.717) is 6.04 Å². The van der Waals surface area contributed by atoms with E-state index in [4.69, 9.17) is 0 Å². The van der Waals surface area contributed by atoms with Gasteiger partial charge in [0.1, 0.15) is 5.82 Å². The monoisotopic (exact) mass is 332 g/mol. The van der Waals surface area contributed by atoms with Crippen LogP contribution in [0.3, 0.4) is 0 Å². The zero-order valence-electron chi connectivity index (χ0n) is 14.9.